The van der Waals surface area contributed by atoms with E-state index < -0.39 is 5.97 Å². The van der Waals surface area contributed by atoms with Gasteiger partial charge < -0.3 is 5.11 Å². The lowest BCUT2D eigenvalue weighted by Gasteiger charge is -2.06. The number of benzene rings is 1. The van der Waals surface area contributed by atoms with Gasteiger partial charge in [-0.3, -0.25) is 4.79 Å². The molecule has 1 heterocycles. The van der Waals surface area contributed by atoms with Gasteiger partial charge in [0.1, 0.15) is 0 Å². The molecule has 1 N–H and O–H groups in total. The fraction of sp³-hybridized carbons (Fsp3) is 0.286. The predicted octanol–water partition coefficient (Wildman–Crippen LogP) is 2.53. The third kappa shape index (κ3) is 2.77. The first-order valence-corrected chi connectivity index (χ1v) is 6.02. The van der Waals surface area contributed by atoms with Gasteiger partial charge in [0.2, 0.25) is 0 Å². The van der Waals surface area contributed by atoms with Crippen molar-refractivity contribution in [2.75, 3.05) is 0 Å². The second-order valence-electron chi connectivity index (χ2n) is 4.28. The minimum Gasteiger partial charge on any atom is -0.481 e. The highest BCUT2D eigenvalue weighted by Crippen LogP contribution is 2.14. The van der Waals surface area contributed by atoms with Gasteiger partial charge in [0.15, 0.2) is 0 Å². The van der Waals surface area contributed by atoms with Gasteiger partial charge in [-0.25, -0.2) is 4.68 Å². The minimum absolute atomic E-state index is 0.335. The lowest BCUT2D eigenvalue weighted by molar-refractivity contribution is -0.141. The Hall–Kier alpha value is -2.10. The van der Waals surface area contributed by atoms with Crippen LogP contribution in [-0.2, 0) is 11.2 Å². The van der Waals surface area contributed by atoms with Crippen LogP contribution in [0.4, 0.5) is 0 Å². The maximum absolute atomic E-state index is 11.0. The molecule has 0 radical (unpaired) electrons. The van der Waals surface area contributed by atoms with Crippen molar-refractivity contribution in [1.29, 1.82) is 0 Å². The summed E-state index contributed by atoms with van der Waals surface area (Å²) in [5.41, 5.74) is 1.93. The number of carboxylic acids is 1. The van der Waals surface area contributed by atoms with Crippen LogP contribution < -0.4 is 0 Å². The molecule has 0 spiro atoms. The summed E-state index contributed by atoms with van der Waals surface area (Å²) in [7, 11) is 0. The van der Waals surface area contributed by atoms with Gasteiger partial charge in [0.25, 0.3) is 0 Å². The number of carbonyl (C=O) groups is 1. The Morgan fingerprint density at radius 2 is 2.11 bits per heavy atom. The van der Waals surface area contributed by atoms with E-state index in [9.17, 15) is 4.79 Å². The van der Waals surface area contributed by atoms with Crippen LogP contribution in [0.25, 0.3) is 5.69 Å². The fourth-order valence-corrected chi connectivity index (χ4v) is 1.88. The zero-order valence-electron chi connectivity index (χ0n) is 10.3. The van der Waals surface area contributed by atoms with Crippen LogP contribution in [0.15, 0.2) is 42.7 Å². The fourth-order valence-electron chi connectivity index (χ4n) is 1.88. The van der Waals surface area contributed by atoms with E-state index in [2.05, 4.69) is 5.10 Å². The van der Waals surface area contributed by atoms with Crippen molar-refractivity contribution in [1.82, 2.24) is 9.78 Å². The molecule has 0 aliphatic rings. The molecule has 1 unspecified atom stereocenters. The lowest BCUT2D eigenvalue weighted by atomic mass is 9.99. The molecule has 1 aromatic heterocycles. The summed E-state index contributed by atoms with van der Waals surface area (Å²) < 4.78 is 1.77. The Morgan fingerprint density at radius 3 is 2.72 bits per heavy atom. The molecule has 0 amide bonds. The molecule has 4 heteroatoms. The summed E-state index contributed by atoms with van der Waals surface area (Å²) in [5.74, 6) is -1.08. The Balaban J connectivity index is 2.14. The molecule has 0 aliphatic carbocycles. The van der Waals surface area contributed by atoms with E-state index >= 15 is 0 Å². The number of hydrogen-bond donors (Lipinski definition) is 1. The molecule has 1 aromatic carbocycles. The number of nitrogens with zero attached hydrogens (tertiary/aromatic N) is 2. The van der Waals surface area contributed by atoms with Gasteiger partial charge in [-0.05, 0) is 30.5 Å². The molecular weight excluding hydrogens is 228 g/mol. The van der Waals surface area contributed by atoms with E-state index in [1.54, 1.807) is 10.9 Å². The molecule has 0 saturated carbocycles. The molecule has 2 aromatic rings. The summed E-state index contributed by atoms with van der Waals surface area (Å²) in [6, 6.07) is 9.77. The highest BCUT2D eigenvalue weighted by atomic mass is 16.4. The van der Waals surface area contributed by atoms with Crippen LogP contribution in [0.3, 0.4) is 0 Å². The topological polar surface area (TPSA) is 55.1 Å². The Bertz CT molecular complexity index is 520. The van der Waals surface area contributed by atoms with E-state index in [1.165, 1.54) is 0 Å². The third-order valence-corrected chi connectivity index (χ3v) is 2.98. The SMILES string of the molecule is CCC(Cc1cnn(-c2ccccc2)c1)C(=O)O. The van der Waals surface area contributed by atoms with Gasteiger partial charge in [0, 0.05) is 6.20 Å². The Labute approximate surface area is 106 Å². The number of hydrogen-bond acceptors (Lipinski definition) is 2. The van der Waals surface area contributed by atoms with Crippen molar-refractivity contribution < 1.29 is 9.90 Å². The van der Waals surface area contributed by atoms with Crippen molar-refractivity contribution in [3.8, 4) is 5.69 Å². The standard InChI is InChI=1S/C14H16N2O2/c1-2-12(14(17)18)8-11-9-15-16(10-11)13-6-4-3-5-7-13/h3-7,9-10,12H,2,8H2,1H3,(H,17,18). The number of para-hydroxylation sites is 1. The summed E-state index contributed by atoms with van der Waals surface area (Å²) in [5, 5.41) is 13.3. The second kappa shape index (κ2) is 5.49. The number of aliphatic carboxylic acids is 1. The quantitative estimate of drug-likeness (QED) is 0.879. The van der Waals surface area contributed by atoms with Crippen LogP contribution in [0.2, 0.25) is 0 Å². The summed E-state index contributed by atoms with van der Waals surface area (Å²) in [6.45, 7) is 1.89. The van der Waals surface area contributed by atoms with Crippen molar-refractivity contribution in [2.24, 2.45) is 5.92 Å². The van der Waals surface area contributed by atoms with E-state index in [1.807, 2.05) is 43.5 Å². The molecule has 94 valence electrons. The normalized spacial score (nSPS) is 12.3. The highest BCUT2D eigenvalue weighted by Gasteiger charge is 2.16. The maximum Gasteiger partial charge on any atom is 0.306 e. The minimum atomic E-state index is -0.745. The first-order valence-electron chi connectivity index (χ1n) is 6.02. The van der Waals surface area contributed by atoms with Crippen LogP contribution in [0.5, 0.6) is 0 Å². The van der Waals surface area contributed by atoms with Gasteiger partial charge in [-0.1, -0.05) is 25.1 Å². The molecule has 4 nitrogen and oxygen atoms in total. The summed E-state index contributed by atoms with van der Waals surface area (Å²) in [4.78, 5) is 11.0. The van der Waals surface area contributed by atoms with E-state index in [0.717, 1.165) is 11.3 Å². The molecule has 0 bridgehead atoms. The van der Waals surface area contributed by atoms with Crippen LogP contribution in [0, 0.1) is 5.92 Å². The van der Waals surface area contributed by atoms with Crippen LogP contribution in [0.1, 0.15) is 18.9 Å². The number of aromatic nitrogens is 2. The average Bonchev–Trinajstić information content (AvgIpc) is 2.85. The van der Waals surface area contributed by atoms with E-state index in [4.69, 9.17) is 5.11 Å². The molecule has 18 heavy (non-hydrogen) atoms. The van der Waals surface area contributed by atoms with Crippen molar-refractivity contribution in [3.05, 3.63) is 48.3 Å². The van der Waals surface area contributed by atoms with Crippen molar-refractivity contribution >= 4 is 5.97 Å². The summed E-state index contributed by atoms with van der Waals surface area (Å²) >= 11 is 0. The van der Waals surface area contributed by atoms with Crippen LogP contribution in [-0.4, -0.2) is 20.9 Å². The second-order valence-corrected chi connectivity index (χ2v) is 4.28. The zero-order chi connectivity index (χ0) is 13.0. The van der Waals surface area contributed by atoms with Gasteiger partial charge in [0.05, 0.1) is 17.8 Å². The van der Waals surface area contributed by atoms with Crippen molar-refractivity contribution in [2.45, 2.75) is 19.8 Å². The first kappa shape index (κ1) is 12.4. The summed E-state index contributed by atoms with van der Waals surface area (Å²) in [6.07, 6.45) is 4.78. The Kier molecular flexibility index (Phi) is 3.77. The number of rotatable bonds is 5. The van der Waals surface area contributed by atoms with Gasteiger partial charge in [-0.2, -0.15) is 5.10 Å². The smallest absolute Gasteiger partial charge is 0.306 e. The van der Waals surface area contributed by atoms with Crippen LogP contribution >= 0.6 is 0 Å². The maximum atomic E-state index is 11.0. The molecule has 0 saturated heterocycles. The Morgan fingerprint density at radius 1 is 1.39 bits per heavy atom. The average molecular weight is 244 g/mol. The highest BCUT2D eigenvalue weighted by molar-refractivity contribution is 5.70. The number of carboxylic acid groups (broad SMARTS) is 1. The van der Waals surface area contributed by atoms with E-state index in [-0.39, 0.29) is 5.92 Å². The monoisotopic (exact) mass is 244 g/mol. The van der Waals surface area contributed by atoms with Gasteiger partial charge in [-0.15, -0.1) is 0 Å². The van der Waals surface area contributed by atoms with E-state index in [0.29, 0.717) is 12.8 Å². The molecule has 1 atom stereocenters. The molecule has 0 fully saturated rings. The first-order chi connectivity index (χ1) is 8.70. The lowest BCUT2D eigenvalue weighted by Crippen LogP contribution is -2.14. The molecular formula is C14H16N2O2. The predicted molar refractivity (Wildman–Crippen MR) is 68.7 cm³/mol. The molecule has 0 aliphatic heterocycles. The molecule has 2 rings (SSSR count). The zero-order valence-corrected chi connectivity index (χ0v) is 10.3. The van der Waals surface area contributed by atoms with Gasteiger partial charge >= 0.3 is 5.97 Å². The van der Waals surface area contributed by atoms with Crippen molar-refractivity contribution in [3.63, 3.8) is 0 Å². The third-order valence-electron chi connectivity index (χ3n) is 2.98. The largest absolute Gasteiger partial charge is 0.481 e.